The molecule has 0 aliphatic heterocycles. The van der Waals surface area contributed by atoms with Gasteiger partial charge in [-0.2, -0.15) is 12.6 Å². The van der Waals surface area contributed by atoms with Crippen molar-refractivity contribution in [3.63, 3.8) is 0 Å². The Morgan fingerprint density at radius 3 is 2.58 bits per heavy atom. The molecule has 1 N–H and O–H groups in total. The van der Waals surface area contributed by atoms with Gasteiger partial charge in [0.1, 0.15) is 0 Å². The van der Waals surface area contributed by atoms with Crippen LogP contribution in [0.25, 0.3) is 0 Å². The van der Waals surface area contributed by atoms with E-state index in [2.05, 4.69) is 26.5 Å². The van der Waals surface area contributed by atoms with Gasteiger partial charge in [0.25, 0.3) is 0 Å². The molecule has 0 heterocycles. The summed E-state index contributed by atoms with van der Waals surface area (Å²) in [6.07, 6.45) is 1.80. The molecular formula is C9H20O2S. The molecule has 0 rings (SSSR count). The molecule has 0 atom stereocenters. The molecule has 0 radical (unpaired) electrons. The third-order valence-electron chi connectivity index (χ3n) is 1.73. The van der Waals surface area contributed by atoms with Gasteiger partial charge in [-0.1, -0.05) is 13.8 Å². The maximum atomic E-state index is 8.74. The van der Waals surface area contributed by atoms with Gasteiger partial charge in [0.15, 0.2) is 0 Å². The van der Waals surface area contributed by atoms with E-state index >= 15 is 0 Å². The minimum absolute atomic E-state index is 0.103. The number of rotatable bonds is 7. The summed E-state index contributed by atoms with van der Waals surface area (Å²) in [7, 11) is 0. The van der Waals surface area contributed by atoms with Crippen molar-refractivity contribution in [2.75, 3.05) is 25.6 Å². The first-order chi connectivity index (χ1) is 5.62. The second-order valence-corrected chi connectivity index (χ2v) is 4.21. The van der Waals surface area contributed by atoms with Crippen LogP contribution in [-0.4, -0.2) is 30.7 Å². The fourth-order valence-electron chi connectivity index (χ4n) is 0.890. The molecule has 0 aliphatic rings. The van der Waals surface area contributed by atoms with E-state index in [0.29, 0.717) is 0 Å². The Labute approximate surface area is 80.7 Å². The zero-order valence-corrected chi connectivity index (χ0v) is 8.94. The predicted octanol–water partition coefficient (Wildman–Crippen LogP) is 1.73. The Hall–Kier alpha value is 0.270. The second-order valence-electron chi connectivity index (χ2n) is 3.77. The highest BCUT2D eigenvalue weighted by Crippen LogP contribution is 2.19. The van der Waals surface area contributed by atoms with Gasteiger partial charge >= 0.3 is 0 Å². The van der Waals surface area contributed by atoms with Crippen molar-refractivity contribution in [2.45, 2.75) is 26.7 Å². The summed E-state index contributed by atoms with van der Waals surface area (Å²) in [4.78, 5) is 0. The predicted molar refractivity (Wildman–Crippen MR) is 54.8 cm³/mol. The first-order valence-electron chi connectivity index (χ1n) is 4.42. The maximum absolute atomic E-state index is 8.74. The van der Waals surface area contributed by atoms with Crippen LogP contribution in [0.5, 0.6) is 0 Å². The zero-order valence-electron chi connectivity index (χ0n) is 8.05. The Bertz CT molecular complexity index is 105. The molecule has 3 heteroatoms. The summed E-state index contributed by atoms with van der Waals surface area (Å²) in [5.41, 5.74) is 0.103. The molecule has 74 valence electrons. The molecule has 0 saturated heterocycles. The van der Waals surface area contributed by atoms with Gasteiger partial charge < -0.3 is 9.84 Å². The number of ether oxygens (including phenoxy) is 1. The highest BCUT2D eigenvalue weighted by Gasteiger charge is 2.16. The van der Waals surface area contributed by atoms with Gasteiger partial charge in [0.2, 0.25) is 0 Å². The largest absolute Gasteiger partial charge is 0.396 e. The lowest BCUT2D eigenvalue weighted by atomic mass is 9.91. The summed E-state index contributed by atoms with van der Waals surface area (Å²) >= 11 is 4.09. The van der Waals surface area contributed by atoms with Crippen LogP contribution in [0.1, 0.15) is 26.7 Å². The van der Waals surface area contributed by atoms with E-state index in [1.807, 2.05) is 0 Å². The Balaban J connectivity index is 3.33. The third-order valence-corrected chi connectivity index (χ3v) is 2.04. The molecular weight excluding hydrogens is 172 g/mol. The average Bonchev–Trinajstić information content (AvgIpc) is 1.98. The van der Waals surface area contributed by atoms with Crippen LogP contribution in [0.4, 0.5) is 0 Å². The number of aliphatic hydroxyl groups excluding tert-OH is 1. The topological polar surface area (TPSA) is 29.5 Å². The SMILES string of the molecule is CC(C)(CCO)COCCCS. The van der Waals surface area contributed by atoms with Crippen LogP contribution >= 0.6 is 12.6 Å². The first-order valence-corrected chi connectivity index (χ1v) is 5.05. The molecule has 0 aliphatic carbocycles. The molecule has 12 heavy (non-hydrogen) atoms. The Morgan fingerprint density at radius 2 is 2.08 bits per heavy atom. The van der Waals surface area contributed by atoms with Crippen LogP contribution in [0, 0.1) is 5.41 Å². The van der Waals surface area contributed by atoms with Crippen molar-refractivity contribution in [1.82, 2.24) is 0 Å². The highest BCUT2D eigenvalue weighted by atomic mass is 32.1. The van der Waals surface area contributed by atoms with E-state index in [1.165, 1.54) is 0 Å². The summed E-state index contributed by atoms with van der Waals surface area (Å²) in [6, 6.07) is 0. The van der Waals surface area contributed by atoms with Crippen LogP contribution in [0.15, 0.2) is 0 Å². The summed E-state index contributed by atoms with van der Waals surface area (Å²) < 4.78 is 5.43. The maximum Gasteiger partial charge on any atom is 0.0517 e. The lowest BCUT2D eigenvalue weighted by Gasteiger charge is -2.23. The van der Waals surface area contributed by atoms with Crippen molar-refractivity contribution in [2.24, 2.45) is 5.41 Å². The van der Waals surface area contributed by atoms with Gasteiger partial charge in [0.05, 0.1) is 6.61 Å². The second kappa shape index (κ2) is 6.75. The number of hydrogen-bond donors (Lipinski definition) is 2. The normalized spacial score (nSPS) is 12.0. The molecule has 0 aromatic rings. The summed E-state index contributed by atoms with van der Waals surface area (Å²) in [5.74, 6) is 0.875. The van der Waals surface area contributed by atoms with E-state index in [9.17, 15) is 0 Å². The van der Waals surface area contributed by atoms with E-state index in [0.717, 1.165) is 31.8 Å². The number of hydrogen-bond acceptors (Lipinski definition) is 3. The number of thiol groups is 1. The molecule has 0 spiro atoms. The highest BCUT2D eigenvalue weighted by molar-refractivity contribution is 7.80. The van der Waals surface area contributed by atoms with Gasteiger partial charge in [-0.25, -0.2) is 0 Å². The van der Waals surface area contributed by atoms with Gasteiger partial charge in [-0.3, -0.25) is 0 Å². The van der Waals surface area contributed by atoms with Crippen LogP contribution in [-0.2, 0) is 4.74 Å². The van der Waals surface area contributed by atoms with E-state index < -0.39 is 0 Å². The molecule has 0 fully saturated rings. The summed E-state index contributed by atoms with van der Waals surface area (Å²) in [5, 5.41) is 8.74. The van der Waals surface area contributed by atoms with Gasteiger partial charge in [-0.15, -0.1) is 0 Å². The van der Waals surface area contributed by atoms with E-state index in [-0.39, 0.29) is 12.0 Å². The molecule has 0 saturated carbocycles. The Morgan fingerprint density at radius 1 is 1.42 bits per heavy atom. The zero-order chi connectivity index (χ0) is 9.45. The monoisotopic (exact) mass is 192 g/mol. The average molecular weight is 192 g/mol. The van der Waals surface area contributed by atoms with Crippen LogP contribution in [0.2, 0.25) is 0 Å². The smallest absolute Gasteiger partial charge is 0.0517 e. The lowest BCUT2D eigenvalue weighted by molar-refractivity contribution is 0.0487. The van der Waals surface area contributed by atoms with Crippen LogP contribution < -0.4 is 0 Å². The third kappa shape index (κ3) is 6.95. The fourth-order valence-corrected chi connectivity index (χ4v) is 1.02. The van der Waals surface area contributed by atoms with Crippen molar-refractivity contribution in [3.8, 4) is 0 Å². The molecule has 0 unspecified atom stereocenters. The van der Waals surface area contributed by atoms with E-state index in [1.54, 1.807) is 0 Å². The van der Waals surface area contributed by atoms with E-state index in [4.69, 9.17) is 9.84 Å². The van der Waals surface area contributed by atoms with Gasteiger partial charge in [0, 0.05) is 13.2 Å². The molecule has 0 bridgehead atoms. The fraction of sp³-hybridized carbons (Fsp3) is 1.00. The lowest BCUT2D eigenvalue weighted by Crippen LogP contribution is -2.21. The molecule has 2 nitrogen and oxygen atoms in total. The molecule has 0 amide bonds. The minimum atomic E-state index is 0.103. The molecule has 0 aromatic carbocycles. The molecule has 0 aromatic heterocycles. The Kier molecular flexibility index (Phi) is 6.90. The van der Waals surface area contributed by atoms with Gasteiger partial charge in [-0.05, 0) is 24.0 Å². The van der Waals surface area contributed by atoms with Crippen molar-refractivity contribution in [1.29, 1.82) is 0 Å². The summed E-state index contributed by atoms with van der Waals surface area (Å²) in [6.45, 7) is 5.94. The van der Waals surface area contributed by atoms with Crippen molar-refractivity contribution in [3.05, 3.63) is 0 Å². The quantitative estimate of drug-likeness (QED) is 0.475. The number of aliphatic hydroxyl groups is 1. The van der Waals surface area contributed by atoms with Crippen molar-refractivity contribution < 1.29 is 9.84 Å². The minimum Gasteiger partial charge on any atom is -0.396 e. The standard InChI is InChI=1S/C9H20O2S/c1-9(2,4-5-10)8-11-6-3-7-12/h10,12H,3-8H2,1-2H3. The van der Waals surface area contributed by atoms with Crippen molar-refractivity contribution >= 4 is 12.6 Å². The van der Waals surface area contributed by atoms with Crippen LogP contribution in [0.3, 0.4) is 0 Å². The first kappa shape index (κ1) is 12.3.